The van der Waals surface area contributed by atoms with Crippen LogP contribution in [0.1, 0.15) is 11.3 Å². The number of hydrogen-bond acceptors (Lipinski definition) is 3. The summed E-state index contributed by atoms with van der Waals surface area (Å²) in [7, 11) is 0. The lowest BCUT2D eigenvalue weighted by Crippen LogP contribution is -2.20. The van der Waals surface area contributed by atoms with E-state index in [4.69, 9.17) is 5.73 Å². The minimum absolute atomic E-state index is 0.290. The van der Waals surface area contributed by atoms with Gasteiger partial charge in [-0.25, -0.2) is 9.18 Å². The lowest BCUT2D eigenvalue weighted by Gasteiger charge is -1.93. The third kappa shape index (κ3) is 2.51. The maximum Gasteiger partial charge on any atom is 0.340 e. The van der Waals surface area contributed by atoms with E-state index in [2.05, 4.69) is 10.1 Å². The highest BCUT2D eigenvalue weighted by Crippen LogP contribution is 2.19. The molecule has 3 rings (SSSR count). The molecule has 2 aromatic heterocycles. The first kappa shape index (κ1) is 13.0. The summed E-state index contributed by atoms with van der Waals surface area (Å²) in [5, 5.41) is 4.93. The largest absolute Gasteiger partial charge is 0.350 e. The predicted molar refractivity (Wildman–Crippen MR) is 77.8 cm³/mol. The average Bonchev–Trinajstić information content (AvgIpc) is 2.86. The summed E-state index contributed by atoms with van der Waals surface area (Å²) in [5.41, 5.74) is 7.25. The number of carbonyl (C=O) groups excluding carboxylic acids is 1. The van der Waals surface area contributed by atoms with Gasteiger partial charge in [-0.1, -0.05) is 18.2 Å². The van der Waals surface area contributed by atoms with Crippen LogP contribution in [0.4, 0.5) is 9.18 Å². The molecule has 2 N–H and O–H groups in total. The van der Waals surface area contributed by atoms with Crippen LogP contribution in [-0.2, 0) is 0 Å². The highest BCUT2D eigenvalue weighted by molar-refractivity contribution is 5.94. The zero-order chi connectivity index (χ0) is 14.8. The van der Waals surface area contributed by atoms with Crippen molar-refractivity contribution < 1.29 is 9.18 Å². The van der Waals surface area contributed by atoms with E-state index in [0.717, 1.165) is 15.6 Å². The van der Waals surface area contributed by atoms with Gasteiger partial charge in [0.05, 0.1) is 17.4 Å². The maximum atomic E-state index is 12.9. The molecule has 0 atom stereocenters. The molecule has 0 bridgehead atoms. The van der Waals surface area contributed by atoms with Crippen molar-refractivity contribution in [2.75, 3.05) is 0 Å². The fourth-order valence-corrected chi connectivity index (χ4v) is 2.03. The van der Waals surface area contributed by atoms with E-state index in [1.54, 1.807) is 36.5 Å². The molecule has 1 aromatic carbocycles. The molecular weight excluding hydrogens is 271 g/mol. The Hall–Kier alpha value is -3.02. The van der Waals surface area contributed by atoms with Crippen molar-refractivity contribution in [2.24, 2.45) is 5.73 Å². The molecule has 0 saturated carbocycles. The summed E-state index contributed by atoms with van der Waals surface area (Å²) in [4.78, 5) is 15.3. The minimum Gasteiger partial charge on any atom is -0.350 e. The van der Waals surface area contributed by atoms with Crippen molar-refractivity contribution in [3.05, 3.63) is 59.8 Å². The van der Waals surface area contributed by atoms with Crippen molar-refractivity contribution in [2.45, 2.75) is 0 Å². The first-order valence-electron chi connectivity index (χ1n) is 6.21. The topological polar surface area (TPSA) is 73.8 Å². The third-order valence-electron chi connectivity index (χ3n) is 3.02. The predicted octanol–water partition coefficient (Wildman–Crippen LogP) is 2.67. The van der Waals surface area contributed by atoms with Crippen LogP contribution in [0, 0.1) is 5.82 Å². The van der Waals surface area contributed by atoms with Crippen LogP contribution in [0.3, 0.4) is 0 Å². The second kappa shape index (κ2) is 5.16. The highest BCUT2D eigenvalue weighted by Gasteiger charge is 2.11. The Morgan fingerprint density at radius 1 is 1.19 bits per heavy atom. The smallest absolute Gasteiger partial charge is 0.340 e. The summed E-state index contributed by atoms with van der Waals surface area (Å²) in [6.07, 6.45) is 6.68. The van der Waals surface area contributed by atoms with Gasteiger partial charge in [0.25, 0.3) is 0 Å². The van der Waals surface area contributed by atoms with Gasteiger partial charge in [0.1, 0.15) is 5.82 Å². The van der Waals surface area contributed by atoms with Crippen LogP contribution < -0.4 is 5.73 Å². The highest BCUT2D eigenvalue weighted by atomic mass is 19.1. The number of fused-ring (bicyclic) bond motifs is 1. The second-order valence-corrected chi connectivity index (χ2v) is 4.41. The van der Waals surface area contributed by atoms with Gasteiger partial charge in [0, 0.05) is 11.6 Å². The van der Waals surface area contributed by atoms with E-state index in [0.29, 0.717) is 11.2 Å². The zero-order valence-corrected chi connectivity index (χ0v) is 10.9. The molecular formula is C15H11FN4O. The zero-order valence-electron chi connectivity index (χ0n) is 10.9. The van der Waals surface area contributed by atoms with E-state index < -0.39 is 6.03 Å². The summed E-state index contributed by atoms with van der Waals surface area (Å²) < 4.78 is 14.0. The molecule has 0 spiro atoms. The molecule has 0 saturated heterocycles. The molecule has 6 heteroatoms. The number of hydrogen-bond donors (Lipinski definition) is 1. The Morgan fingerprint density at radius 2 is 1.95 bits per heavy atom. The number of nitrogens with zero attached hydrogens (tertiary/aromatic N) is 3. The second-order valence-electron chi connectivity index (χ2n) is 4.41. The van der Waals surface area contributed by atoms with Gasteiger partial charge >= 0.3 is 6.03 Å². The van der Waals surface area contributed by atoms with Crippen LogP contribution in [0.5, 0.6) is 0 Å². The normalized spacial score (nSPS) is 11.3. The fraction of sp³-hybridized carbons (Fsp3) is 0. The van der Waals surface area contributed by atoms with E-state index in [9.17, 15) is 9.18 Å². The number of pyridine rings is 1. The van der Waals surface area contributed by atoms with Crippen LogP contribution in [-0.4, -0.2) is 20.8 Å². The van der Waals surface area contributed by atoms with Gasteiger partial charge in [-0.05, 0) is 29.8 Å². The maximum absolute atomic E-state index is 12.9. The van der Waals surface area contributed by atoms with Gasteiger partial charge in [-0.15, -0.1) is 0 Å². The molecule has 21 heavy (non-hydrogen) atoms. The first-order valence-corrected chi connectivity index (χ1v) is 6.21. The number of nitrogens with two attached hydrogens (primary N) is 1. The van der Waals surface area contributed by atoms with E-state index in [1.807, 2.05) is 0 Å². The number of aromatic nitrogens is 3. The fourth-order valence-electron chi connectivity index (χ4n) is 2.03. The summed E-state index contributed by atoms with van der Waals surface area (Å²) in [6, 6.07) is 7.15. The number of rotatable bonds is 2. The lowest BCUT2D eigenvalue weighted by atomic mass is 10.1. The SMILES string of the molecule is NC(=O)n1nc(C=Cc2ccc(F)cc2)c2ccncc21. The number of halogens is 1. The van der Waals surface area contributed by atoms with Gasteiger partial charge in [0.15, 0.2) is 0 Å². The van der Waals surface area contributed by atoms with E-state index in [1.165, 1.54) is 18.3 Å². The Balaban J connectivity index is 2.04. The Kier molecular flexibility index (Phi) is 3.19. The Bertz CT molecular complexity index is 837. The Labute approximate surface area is 119 Å². The van der Waals surface area contributed by atoms with Crippen LogP contribution in [0.15, 0.2) is 42.7 Å². The molecule has 5 nitrogen and oxygen atoms in total. The van der Waals surface area contributed by atoms with Gasteiger partial charge in [0.2, 0.25) is 0 Å². The quantitative estimate of drug-likeness (QED) is 0.785. The van der Waals surface area contributed by atoms with Gasteiger partial charge < -0.3 is 5.73 Å². The monoisotopic (exact) mass is 282 g/mol. The van der Waals surface area contributed by atoms with Crippen molar-refractivity contribution >= 4 is 29.1 Å². The van der Waals surface area contributed by atoms with Crippen molar-refractivity contribution in [1.82, 2.24) is 14.8 Å². The van der Waals surface area contributed by atoms with Crippen molar-refractivity contribution in [3.63, 3.8) is 0 Å². The number of benzene rings is 1. The Morgan fingerprint density at radius 3 is 2.67 bits per heavy atom. The summed E-state index contributed by atoms with van der Waals surface area (Å²) in [5.74, 6) is -0.290. The molecule has 0 radical (unpaired) electrons. The van der Waals surface area contributed by atoms with Crippen LogP contribution >= 0.6 is 0 Å². The summed E-state index contributed by atoms with van der Waals surface area (Å²) >= 11 is 0. The van der Waals surface area contributed by atoms with E-state index >= 15 is 0 Å². The molecule has 2 heterocycles. The average molecular weight is 282 g/mol. The third-order valence-corrected chi connectivity index (χ3v) is 3.02. The van der Waals surface area contributed by atoms with Gasteiger partial charge in [-0.3, -0.25) is 4.98 Å². The summed E-state index contributed by atoms with van der Waals surface area (Å²) in [6.45, 7) is 0. The molecule has 0 fully saturated rings. The number of amides is 1. The number of primary amides is 1. The molecule has 0 aliphatic heterocycles. The molecule has 1 amide bonds. The standard InChI is InChI=1S/C15H11FN4O/c16-11-4-1-10(2-5-11)3-6-13-12-7-8-18-9-14(12)20(19-13)15(17)21/h1-9H,(H2,17,21). The molecule has 0 aliphatic carbocycles. The van der Waals surface area contributed by atoms with Crippen LogP contribution in [0.2, 0.25) is 0 Å². The molecule has 3 aromatic rings. The van der Waals surface area contributed by atoms with E-state index in [-0.39, 0.29) is 5.82 Å². The molecule has 104 valence electrons. The number of carbonyl (C=O) groups is 1. The minimum atomic E-state index is -0.672. The van der Waals surface area contributed by atoms with Gasteiger partial charge in [-0.2, -0.15) is 9.78 Å². The molecule has 0 unspecified atom stereocenters. The molecule has 0 aliphatic rings. The van der Waals surface area contributed by atoms with Crippen molar-refractivity contribution in [3.8, 4) is 0 Å². The van der Waals surface area contributed by atoms with Crippen molar-refractivity contribution in [1.29, 1.82) is 0 Å². The van der Waals surface area contributed by atoms with Crippen LogP contribution in [0.25, 0.3) is 23.1 Å². The lowest BCUT2D eigenvalue weighted by molar-refractivity contribution is 0.248. The first-order chi connectivity index (χ1) is 10.1.